The van der Waals surface area contributed by atoms with Crippen LogP contribution in [0.3, 0.4) is 0 Å². The lowest BCUT2D eigenvalue weighted by Crippen LogP contribution is -2.29. The number of benzene rings is 3. The summed E-state index contributed by atoms with van der Waals surface area (Å²) in [5.74, 6) is -0.815. The summed E-state index contributed by atoms with van der Waals surface area (Å²) in [6, 6.07) is 14.7. The summed E-state index contributed by atoms with van der Waals surface area (Å²) in [6.45, 7) is 0. The van der Waals surface area contributed by atoms with Crippen LogP contribution in [-0.2, 0) is 16.2 Å². The molecule has 0 saturated heterocycles. The molecule has 3 aromatic carbocycles. The lowest BCUT2D eigenvalue weighted by atomic mass is 10.1. The molecule has 0 aliphatic rings. The molecule has 0 spiro atoms. The number of nitrogens with one attached hydrogen (secondary N) is 3. The molecule has 0 aliphatic heterocycles. The number of carbonyl (C=O) groups excluding carboxylic acids is 1. The zero-order chi connectivity index (χ0) is 24.2. The van der Waals surface area contributed by atoms with E-state index in [1.165, 1.54) is 36.4 Å². The zero-order valence-corrected chi connectivity index (χ0v) is 17.3. The van der Waals surface area contributed by atoms with Gasteiger partial charge in [-0.05, 0) is 42.5 Å². The SMILES string of the molecule is O=C(NNc1ccc(C(F)(F)F)cc1[N+](=O)[O-])c1cccc(NS(=O)(=O)c2ccccc2)c1. The van der Waals surface area contributed by atoms with Crippen molar-refractivity contribution in [3.8, 4) is 0 Å². The van der Waals surface area contributed by atoms with E-state index in [-0.39, 0.29) is 21.8 Å². The molecule has 0 heterocycles. The molecular formula is C20H15F3N4O5S. The van der Waals surface area contributed by atoms with Gasteiger partial charge in [0, 0.05) is 17.3 Å². The number of nitro groups is 1. The molecule has 0 unspecified atom stereocenters. The minimum absolute atomic E-state index is 0.0103. The Bertz CT molecular complexity index is 1300. The van der Waals surface area contributed by atoms with Crippen LogP contribution in [0.1, 0.15) is 15.9 Å². The average molecular weight is 480 g/mol. The fourth-order valence-corrected chi connectivity index (χ4v) is 3.77. The van der Waals surface area contributed by atoms with Crippen LogP contribution in [0.25, 0.3) is 0 Å². The Morgan fingerprint density at radius 3 is 2.27 bits per heavy atom. The largest absolute Gasteiger partial charge is 0.416 e. The molecular weight excluding hydrogens is 465 g/mol. The molecule has 33 heavy (non-hydrogen) atoms. The van der Waals surface area contributed by atoms with Crippen LogP contribution < -0.4 is 15.6 Å². The Balaban J connectivity index is 1.75. The topological polar surface area (TPSA) is 130 Å². The van der Waals surface area contributed by atoms with Gasteiger partial charge in [-0.2, -0.15) is 13.2 Å². The first-order valence-electron chi connectivity index (χ1n) is 9.07. The monoisotopic (exact) mass is 480 g/mol. The predicted octanol–water partition coefficient (Wildman–Crippen LogP) is 4.17. The quantitative estimate of drug-likeness (QED) is 0.344. The average Bonchev–Trinajstić information content (AvgIpc) is 2.77. The van der Waals surface area contributed by atoms with E-state index in [0.29, 0.717) is 12.1 Å². The second kappa shape index (κ2) is 9.16. The molecule has 172 valence electrons. The van der Waals surface area contributed by atoms with E-state index in [1.807, 2.05) is 0 Å². The van der Waals surface area contributed by atoms with Gasteiger partial charge in [0.15, 0.2) is 0 Å². The number of rotatable bonds is 7. The van der Waals surface area contributed by atoms with E-state index in [9.17, 15) is 36.5 Å². The van der Waals surface area contributed by atoms with Gasteiger partial charge in [-0.1, -0.05) is 24.3 Å². The molecule has 0 saturated carbocycles. The maximum Gasteiger partial charge on any atom is 0.416 e. The van der Waals surface area contributed by atoms with Crippen LogP contribution in [0.4, 0.5) is 30.2 Å². The fraction of sp³-hybridized carbons (Fsp3) is 0.0500. The summed E-state index contributed by atoms with van der Waals surface area (Å²) < 4.78 is 65.6. The van der Waals surface area contributed by atoms with Crippen molar-refractivity contribution >= 4 is 33.0 Å². The summed E-state index contributed by atoms with van der Waals surface area (Å²) in [5.41, 5.74) is 1.92. The van der Waals surface area contributed by atoms with Crippen molar-refractivity contribution in [3.05, 3.63) is 94.0 Å². The molecule has 0 aliphatic carbocycles. The molecule has 3 N–H and O–H groups in total. The smallest absolute Gasteiger partial charge is 0.292 e. The molecule has 9 nitrogen and oxygen atoms in total. The Kier molecular flexibility index (Phi) is 6.53. The standard InChI is InChI=1S/C20H15F3N4O5S/c21-20(22,23)14-9-10-17(18(12-14)27(29)30)24-25-19(28)13-5-4-6-15(11-13)26-33(31,32)16-7-2-1-3-8-16/h1-12,24,26H,(H,25,28). The first-order valence-corrected chi connectivity index (χ1v) is 10.6. The number of anilines is 2. The molecule has 13 heteroatoms. The molecule has 0 radical (unpaired) electrons. The Morgan fingerprint density at radius 2 is 1.64 bits per heavy atom. The van der Waals surface area contributed by atoms with Gasteiger partial charge in [0.2, 0.25) is 0 Å². The van der Waals surface area contributed by atoms with Crippen LogP contribution in [0.15, 0.2) is 77.7 Å². The highest BCUT2D eigenvalue weighted by molar-refractivity contribution is 7.92. The highest BCUT2D eigenvalue weighted by Gasteiger charge is 2.33. The van der Waals surface area contributed by atoms with E-state index in [1.54, 1.807) is 18.2 Å². The van der Waals surface area contributed by atoms with Crippen LogP contribution in [0, 0.1) is 10.1 Å². The number of hydrogen-bond donors (Lipinski definition) is 3. The number of nitrogens with zero attached hydrogens (tertiary/aromatic N) is 1. The molecule has 0 atom stereocenters. The van der Waals surface area contributed by atoms with Crippen molar-refractivity contribution in [2.75, 3.05) is 10.1 Å². The van der Waals surface area contributed by atoms with E-state index in [4.69, 9.17) is 0 Å². The van der Waals surface area contributed by atoms with Gasteiger partial charge in [-0.3, -0.25) is 30.5 Å². The highest BCUT2D eigenvalue weighted by atomic mass is 32.2. The molecule has 0 aromatic heterocycles. The third-order valence-corrected chi connectivity index (χ3v) is 5.66. The number of amides is 1. The predicted molar refractivity (Wildman–Crippen MR) is 113 cm³/mol. The fourth-order valence-electron chi connectivity index (χ4n) is 2.70. The third-order valence-electron chi connectivity index (χ3n) is 4.26. The van der Waals surface area contributed by atoms with Gasteiger partial charge in [-0.15, -0.1) is 0 Å². The molecule has 0 bridgehead atoms. The number of hydrogen-bond acceptors (Lipinski definition) is 6. The molecule has 0 fully saturated rings. The number of nitro benzene ring substituents is 1. The maximum atomic E-state index is 12.8. The van der Waals surface area contributed by atoms with E-state index >= 15 is 0 Å². The second-order valence-electron chi connectivity index (χ2n) is 6.57. The number of halogens is 3. The van der Waals surface area contributed by atoms with Crippen molar-refractivity contribution in [1.29, 1.82) is 0 Å². The Hall–Kier alpha value is -4.13. The Labute approximate surface area is 185 Å². The van der Waals surface area contributed by atoms with Crippen LogP contribution in [0.5, 0.6) is 0 Å². The highest BCUT2D eigenvalue weighted by Crippen LogP contribution is 2.34. The van der Waals surface area contributed by atoms with Crippen molar-refractivity contribution < 1.29 is 31.3 Å². The third kappa shape index (κ3) is 5.77. The van der Waals surface area contributed by atoms with Crippen LogP contribution >= 0.6 is 0 Å². The zero-order valence-electron chi connectivity index (χ0n) is 16.5. The lowest BCUT2D eigenvalue weighted by Gasteiger charge is -2.12. The van der Waals surface area contributed by atoms with Crippen LogP contribution in [0.2, 0.25) is 0 Å². The van der Waals surface area contributed by atoms with E-state index < -0.39 is 38.3 Å². The summed E-state index contributed by atoms with van der Waals surface area (Å²) in [4.78, 5) is 22.5. The van der Waals surface area contributed by atoms with E-state index in [2.05, 4.69) is 15.6 Å². The first kappa shape index (κ1) is 23.5. The van der Waals surface area contributed by atoms with Gasteiger partial charge in [0.05, 0.1) is 15.4 Å². The van der Waals surface area contributed by atoms with Crippen molar-refractivity contribution in [1.82, 2.24) is 5.43 Å². The lowest BCUT2D eigenvalue weighted by molar-refractivity contribution is -0.384. The number of sulfonamides is 1. The van der Waals surface area contributed by atoms with Gasteiger partial charge in [-0.25, -0.2) is 8.42 Å². The van der Waals surface area contributed by atoms with Gasteiger partial charge in [0.25, 0.3) is 21.6 Å². The maximum absolute atomic E-state index is 12.8. The van der Waals surface area contributed by atoms with Crippen LogP contribution in [-0.4, -0.2) is 19.2 Å². The van der Waals surface area contributed by atoms with Gasteiger partial charge < -0.3 is 0 Å². The summed E-state index contributed by atoms with van der Waals surface area (Å²) in [7, 11) is -3.91. The molecule has 3 aromatic rings. The summed E-state index contributed by atoms with van der Waals surface area (Å²) in [5, 5.41) is 11.1. The van der Waals surface area contributed by atoms with Crippen molar-refractivity contribution in [2.45, 2.75) is 11.1 Å². The summed E-state index contributed by atoms with van der Waals surface area (Å²) in [6.07, 6.45) is -4.78. The molecule has 3 rings (SSSR count). The van der Waals surface area contributed by atoms with Crippen molar-refractivity contribution in [2.24, 2.45) is 0 Å². The number of alkyl halides is 3. The first-order chi connectivity index (χ1) is 15.5. The number of carbonyl (C=O) groups is 1. The molecule has 1 amide bonds. The van der Waals surface area contributed by atoms with Gasteiger partial charge >= 0.3 is 6.18 Å². The summed E-state index contributed by atoms with van der Waals surface area (Å²) >= 11 is 0. The number of hydrazine groups is 1. The van der Waals surface area contributed by atoms with Gasteiger partial charge in [0.1, 0.15) is 5.69 Å². The second-order valence-corrected chi connectivity index (χ2v) is 8.25. The minimum Gasteiger partial charge on any atom is -0.292 e. The van der Waals surface area contributed by atoms with E-state index in [0.717, 1.165) is 6.07 Å². The minimum atomic E-state index is -4.78. The Morgan fingerprint density at radius 1 is 0.939 bits per heavy atom. The normalized spacial score (nSPS) is 11.5. The van der Waals surface area contributed by atoms with Crippen molar-refractivity contribution in [3.63, 3.8) is 0 Å².